The molecule has 0 radical (unpaired) electrons. The van der Waals surface area contributed by atoms with Crippen LogP contribution in [0.2, 0.25) is 0 Å². The number of rotatable bonds is 2. The van der Waals surface area contributed by atoms with Crippen molar-refractivity contribution in [3.05, 3.63) is 36.0 Å². The van der Waals surface area contributed by atoms with Crippen LogP contribution in [-0.4, -0.2) is 16.4 Å². The number of benzene rings is 1. The van der Waals surface area contributed by atoms with Crippen molar-refractivity contribution < 1.29 is 4.79 Å². The Labute approximate surface area is 112 Å². The normalized spacial score (nSPS) is 16.9. The second kappa shape index (κ2) is 4.23. The standard InChI is InChI=1S/C15H17N3O/c1-15(7-4-8-15)18-14(19)12-9-17-13(16)11-6-3-2-5-10(11)12/h2-3,5-6,9H,4,7-8H2,1H3,(H2,16,17)(H,18,19). The molecular formula is C15H17N3O. The fraction of sp³-hybridized carbons (Fsp3) is 0.333. The third kappa shape index (κ3) is 2.03. The number of anilines is 1. The van der Waals surface area contributed by atoms with E-state index in [1.807, 2.05) is 24.3 Å². The molecule has 3 rings (SSSR count). The molecule has 1 aromatic carbocycles. The summed E-state index contributed by atoms with van der Waals surface area (Å²) in [6.07, 6.45) is 4.82. The molecule has 98 valence electrons. The number of nitrogen functional groups attached to an aromatic ring is 1. The minimum atomic E-state index is -0.0640. The fourth-order valence-electron chi connectivity index (χ4n) is 2.57. The zero-order valence-electron chi connectivity index (χ0n) is 10.9. The van der Waals surface area contributed by atoms with E-state index in [2.05, 4.69) is 17.2 Å². The van der Waals surface area contributed by atoms with Gasteiger partial charge in [0.05, 0.1) is 5.56 Å². The van der Waals surface area contributed by atoms with Crippen LogP contribution >= 0.6 is 0 Å². The average molecular weight is 255 g/mol. The van der Waals surface area contributed by atoms with Gasteiger partial charge in [-0.2, -0.15) is 0 Å². The highest BCUT2D eigenvalue weighted by Gasteiger charge is 2.33. The van der Waals surface area contributed by atoms with Crippen LogP contribution in [0, 0.1) is 0 Å². The second-order valence-electron chi connectivity index (χ2n) is 5.47. The minimum absolute atomic E-state index is 0.0560. The van der Waals surface area contributed by atoms with E-state index in [1.165, 1.54) is 6.42 Å². The number of nitrogens with one attached hydrogen (secondary N) is 1. The molecule has 4 heteroatoms. The van der Waals surface area contributed by atoms with Gasteiger partial charge < -0.3 is 11.1 Å². The Balaban J connectivity index is 2.00. The lowest BCUT2D eigenvalue weighted by Crippen LogP contribution is -2.51. The number of hydrogen-bond donors (Lipinski definition) is 2. The SMILES string of the molecule is CC1(NC(=O)c2cnc(N)c3ccccc23)CCC1. The highest BCUT2D eigenvalue weighted by molar-refractivity contribution is 6.09. The van der Waals surface area contributed by atoms with Crippen LogP contribution in [0.1, 0.15) is 36.5 Å². The molecule has 0 saturated heterocycles. The highest BCUT2D eigenvalue weighted by atomic mass is 16.1. The molecule has 0 unspecified atom stereocenters. The number of nitrogens with zero attached hydrogens (tertiary/aromatic N) is 1. The molecule has 1 aliphatic rings. The van der Waals surface area contributed by atoms with Crippen molar-refractivity contribution in [3.63, 3.8) is 0 Å². The third-order valence-electron chi connectivity index (χ3n) is 3.94. The smallest absolute Gasteiger partial charge is 0.253 e. The third-order valence-corrected chi connectivity index (χ3v) is 3.94. The van der Waals surface area contributed by atoms with E-state index in [9.17, 15) is 4.79 Å². The Kier molecular flexibility index (Phi) is 2.66. The lowest BCUT2D eigenvalue weighted by atomic mass is 9.78. The summed E-state index contributed by atoms with van der Waals surface area (Å²) in [7, 11) is 0. The predicted molar refractivity (Wildman–Crippen MR) is 75.9 cm³/mol. The van der Waals surface area contributed by atoms with Crippen LogP contribution in [0.5, 0.6) is 0 Å². The van der Waals surface area contributed by atoms with Crippen LogP contribution in [0.3, 0.4) is 0 Å². The van der Waals surface area contributed by atoms with Gasteiger partial charge >= 0.3 is 0 Å². The lowest BCUT2D eigenvalue weighted by molar-refractivity contribution is 0.0852. The number of carbonyl (C=O) groups excluding carboxylic acids is 1. The first kappa shape index (κ1) is 12.0. The van der Waals surface area contributed by atoms with E-state index >= 15 is 0 Å². The maximum Gasteiger partial charge on any atom is 0.253 e. The van der Waals surface area contributed by atoms with Crippen LogP contribution in [-0.2, 0) is 0 Å². The Morgan fingerprint density at radius 3 is 2.63 bits per heavy atom. The van der Waals surface area contributed by atoms with E-state index in [1.54, 1.807) is 6.20 Å². The first-order chi connectivity index (χ1) is 9.09. The molecule has 19 heavy (non-hydrogen) atoms. The molecule has 2 aromatic rings. The Morgan fingerprint density at radius 1 is 1.32 bits per heavy atom. The molecule has 1 amide bonds. The molecule has 0 aliphatic heterocycles. The molecular weight excluding hydrogens is 238 g/mol. The first-order valence-electron chi connectivity index (χ1n) is 6.55. The Morgan fingerprint density at radius 2 is 2.00 bits per heavy atom. The average Bonchev–Trinajstić information content (AvgIpc) is 2.37. The predicted octanol–water partition coefficient (Wildman–Crippen LogP) is 2.49. The molecule has 4 nitrogen and oxygen atoms in total. The molecule has 1 aliphatic carbocycles. The van der Waals surface area contributed by atoms with E-state index < -0.39 is 0 Å². The zero-order chi connectivity index (χ0) is 13.5. The number of pyridine rings is 1. The molecule has 0 atom stereocenters. The number of hydrogen-bond acceptors (Lipinski definition) is 3. The van der Waals surface area contributed by atoms with Crippen molar-refractivity contribution in [1.29, 1.82) is 0 Å². The van der Waals surface area contributed by atoms with Gasteiger partial charge in [0.1, 0.15) is 5.82 Å². The molecule has 0 bridgehead atoms. The molecule has 1 aromatic heterocycles. The Hall–Kier alpha value is -2.10. The van der Waals surface area contributed by atoms with Crippen molar-refractivity contribution in [1.82, 2.24) is 10.3 Å². The van der Waals surface area contributed by atoms with E-state index in [0.29, 0.717) is 11.4 Å². The summed E-state index contributed by atoms with van der Waals surface area (Å²) < 4.78 is 0. The number of fused-ring (bicyclic) bond motifs is 1. The second-order valence-corrected chi connectivity index (χ2v) is 5.47. The first-order valence-corrected chi connectivity index (χ1v) is 6.55. The summed E-state index contributed by atoms with van der Waals surface area (Å²) in [6, 6.07) is 7.60. The van der Waals surface area contributed by atoms with E-state index in [4.69, 9.17) is 5.73 Å². The van der Waals surface area contributed by atoms with Gasteiger partial charge in [-0.05, 0) is 31.6 Å². The van der Waals surface area contributed by atoms with Crippen molar-refractivity contribution in [2.24, 2.45) is 0 Å². The Bertz CT molecular complexity index is 647. The topological polar surface area (TPSA) is 68.0 Å². The molecule has 1 fully saturated rings. The minimum Gasteiger partial charge on any atom is -0.383 e. The van der Waals surface area contributed by atoms with Crippen molar-refractivity contribution >= 4 is 22.5 Å². The van der Waals surface area contributed by atoms with Gasteiger partial charge in [0.2, 0.25) is 0 Å². The van der Waals surface area contributed by atoms with Crippen molar-refractivity contribution in [2.45, 2.75) is 31.7 Å². The maximum atomic E-state index is 12.4. The van der Waals surface area contributed by atoms with Crippen LogP contribution in [0.25, 0.3) is 10.8 Å². The van der Waals surface area contributed by atoms with Gasteiger partial charge in [-0.15, -0.1) is 0 Å². The monoisotopic (exact) mass is 255 g/mol. The number of amides is 1. The molecule has 1 saturated carbocycles. The maximum absolute atomic E-state index is 12.4. The van der Waals surface area contributed by atoms with E-state index in [0.717, 1.165) is 23.6 Å². The summed E-state index contributed by atoms with van der Waals surface area (Å²) in [5, 5.41) is 4.79. The molecule has 3 N–H and O–H groups in total. The summed E-state index contributed by atoms with van der Waals surface area (Å²) in [5.74, 6) is 0.396. The highest BCUT2D eigenvalue weighted by Crippen LogP contribution is 2.32. The summed E-state index contributed by atoms with van der Waals surface area (Å²) >= 11 is 0. The van der Waals surface area contributed by atoms with Crippen LogP contribution < -0.4 is 11.1 Å². The van der Waals surface area contributed by atoms with Crippen molar-refractivity contribution in [2.75, 3.05) is 5.73 Å². The quantitative estimate of drug-likeness (QED) is 0.866. The van der Waals surface area contributed by atoms with Crippen molar-refractivity contribution in [3.8, 4) is 0 Å². The van der Waals surface area contributed by atoms with Gasteiger partial charge in [-0.3, -0.25) is 4.79 Å². The largest absolute Gasteiger partial charge is 0.383 e. The molecule has 0 spiro atoms. The van der Waals surface area contributed by atoms with Gasteiger partial charge in [-0.25, -0.2) is 4.98 Å². The van der Waals surface area contributed by atoms with E-state index in [-0.39, 0.29) is 11.4 Å². The number of carbonyl (C=O) groups is 1. The van der Waals surface area contributed by atoms with Crippen LogP contribution in [0.4, 0.5) is 5.82 Å². The summed E-state index contributed by atoms with van der Waals surface area (Å²) in [6.45, 7) is 2.08. The molecule has 1 heterocycles. The fourth-order valence-corrected chi connectivity index (χ4v) is 2.57. The van der Waals surface area contributed by atoms with Gasteiger partial charge in [0.15, 0.2) is 0 Å². The lowest BCUT2D eigenvalue weighted by Gasteiger charge is -2.39. The van der Waals surface area contributed by atoms with Gasteiger partial charge in [0, 0.05) is 17.1 Å². The van der Waals surface area contributed by atoms with Gasteiger partial charge in [0.25, 0.3) is 5.91 Å². The summed E-state index contributed by atoms with van der Waals surface area (Å²) in [4.78, 5) is 16.5. The number of nitrogens with two attached hydrogens (primary N) is 1. The zero-order valence-corrected chi connectivity index (χ0v) is 10.9. The van der Waals surface area contributed by atoms with Crippen LogP contribution in [0.15, 0.2) is 30.5 Å². The van der Waals surface area contributed by atoms with Gasteiger partial charge in [-0.1, -0.05) is 24.3 Å². The summed E-state index contributed by atoms with van der Waals surface area (Å²) in [5.41, 5.74) is 6.39. The number of aromatic nitrogens is 1.